The molecular weight excluding hydrogens is 84.1 g/mol. The van der Waals surface area contributed by atoms with E-state index >= 15 is 0 Å². The molecule has 0 nitrogen and oxygen atoms in total. The van der Waals surface area contributed by atoms with Crippen molar-refractivity contribution in [2.24, 2.45) is 0 Å². The minimum atomic E-state index is 0.847. The molecule has 0 aliphatic heterocycles. The van der Waals surface area contributed by atoms with E-state index in [4.69, 9.17) is 6.42 Å². The lowest BCUT2D eigenvalue weighted by Gasteiger charge is -1.52. The fourth-order valence-corrected chi connectivity index (χ4v) is 0. The van der Waals surface area contributed by atoms with E-state index in [1.165, 1.54) is 0 Å². The maximum absolute atomic E-state index is 4.78. The third-order valence-electron chi connectivity index (χ3n) is 0.204. The van der Waals surface area contributed by atoms with Gasteiger partial charge in [0, 0.05) is 6.42 Å². The van der Waals surface area contributed by atoms with Crippen LogP contribution in [0.2, 0.25) is 0 Å². The first-order chi connectivity index (χ1) is 3.33. The van der Waals surface area contributed by atoms with Crippen LogP contribution < -0.4 is 0 Å². The Labute approximate surface area is 45.9 Å². The van der Waals surface area contributed by atoms with Crippen molar-refractivity contribution < 1.29 is 0 Å². The van der Waals surface area contributed by atoms with Gasteiger partial charge in [-0.1, -0.05) is 6.92 Å². The molecule has 0 heteroatoms. The largest absolute Gasteiger partial charge is 0.120 e. The van der Waals surface area contributed by atoms with Gasteiger partial charge in [-0.15, -0.1) is 24.7 Å². The summed E-state index contributed by atoms with van der Waals surface area (Å²) in [6.07, 6.45) is 10.2. The highest BCUT2D eigenvalue weighted by atomic mass is 13.5. The van der Waals surface area contributed by atoms with Gasteiger partial charge in [0.2, 0.25) is 0 Å². The summed E-state index contributed by atoms with van der Waals surface area (Å²) in [7, 11) is 0. The van der Waals surface area contributed by atoms with Crippen molar-refractivity contribution in [1.82, 2.24) is 0 Å². The highest BCUT2D eigenvalue weighted by Crippen LogP contribution is 1.58. The Kier molecular flexibility index (Phi) is 26.1. The summed E-state index contributed by atoms with van der Waals surface area (Å²) in [5.41, 5.74) is 0. The van der Waals surface area contributed by atoms with Crippen LogP contribution in [0.3, 0.4) is 0 Å². The van der Waals surface area contributed by atoms with Crippen LogP contribution in [0.4, 0.5) is 0 Å². The predicted octanol–water partition coefficient (Wildman–Crippen LogP) is 1.67. The standard InChI is InChI=1S/C4H6.C3H4/c1-3-4-2;1-3-2/h1H,4H2,2H3;1H,2H3. The van der Waals surface area contributed by atoms with Crippen LogP contribution in [0.5, 0.6) is 0 Å². The topological polar surface area (TPSA) is 0 Å². The molecule has 0 heterocycles. The van der Waals surface area contributed by atoms with E-state index in [0.29, 0.717) is 0 Å². The van der Waals surface area contributed by atoms with Gasteiger partial charge in [-0.05, 0) is 6.92 Å². The van der Waals surface area contributed by atoms with Crippen LogP contribution in [0.15, 0.2) is 0 Å². The molecule has 0 amide bonds. The first-order valence-corrected chi connectivity index (χ1v) is 2.14. The van der Waals surface area contributed by atoms with E-state index in [-0.39, 0.29) is 0 Å². The van der Waals surface area contributed by atoms with Gasteiger partial charge in [0.05, 0.1) is 0 Å². The fourth-order valence-electron chi connectivity index (χ4n) is 0. The summed E-state index contributed by atoms with van der Waals surface area (Å²) < 4.78 is 0. The molecule has 0 aromatic heterocycles. The molecule has 0 bridgehead atoms. The zero-order chi connectivity index (χ0) is 6.12. The minimum Gasteiger partial charge on any atom is -0.120 e. The summed E-state index contributed by atoms with van der Waals surface area (Å²) in [5.74, 6) is 4.68. The van der Waals surface area contributed by atoms with Gasteiger partial charge in [0.25, 0.3) is 0 Å². The smallest absolute Gasteiger partial charge is 0.00576 e. The molecule has 0 aromatic carbocycles. The summed E-state index contributed by atoms with van der Waals surface area (Å²) in [5, 5.41) is 0. The van der Waals surface area contributed by atoms with Crippen molar-refractivity contribution in [1.29, 1.82) is 0 Å². The van der Waals surface area contributed by atoms with Crippen molar-refractivity contribution in [3.05, 3.63) is 0 Å². The van der Waals surface area contributed by atoms with Crippen molar-refractivity contribution in [3.8, 4) is 24.7 Å². The van der Waals surface area contributed by atoms with E-state index in [2.05, 4.69) is 18.3 Å². The van der Waals surface area contributed by atoms with Gasteiger partial charge >= 0.3 is 0 Å². The number of hydrogen-bond acceptors (Lipinski definition) is 0. The van der Waals surface area contributed by atoms with Gasteiger partial charge in [-0.3, -0.25) is 0 Å². The van der Waals surface area contributed by atoms with E-state index in [0.717, 1.165) is 6.42 Å². The Morgan fingerprint density at radius 3 is 1.57 bits per heavy atom. The van der Waals surface area contributed by atoms with E-state index in [9.17, 15) is 0 Å². The van der Waals surface area contributed by atoms with Gasteiger partial charge in [-0.25, -0.2) is 0 Å². The van der Waals surface area contributed by atoms with E-state index < -0.39 is 0 Å². The number of hydrogen-bond donors (Lipinski definition) is 0. The summed E-state index contributed by atoms with van der Waals surface area (Å²) in [6, 6.07) is 0. The second-order valence-electron chi connectivity index (χ2n) is 0.846. The number of terminal acetylenes is 2. The average molecular weight is 94.2 g/mol. The predicted molar refractivity (Wildman–Crippen MR) is 33.6 cm³/mol. The van der Waals surface area contributed by atoms with Crippen LogP contribution in [0, 0.1) is 24.7 Å². The molecule has 0 aliphatic rings. The maximum atomic E-state index is 4.78. The van der Waals surface area contributed by atoms with E-state index in [1.54, 1.807) is 6.92 Å². The molecule has 0 rings (SSSR count). The van der Waals surface area contributed by atoms with Crippen LogP contribution in [-0.2, 0) is 0 Å². The Hall–Kier alpha value is -0.880. The normalized spacial score (nSPS) is 4.00. The Morgan fingerprint density at radius 1 is 1.43 bits per heavy atom. The van der Waals surface area contributed by atoms with Gasteiger partial charge in [-0.2, -0.15) is 0 Å². The van der Waals surface area contributed by atoms with Crippen molar-refractivity contribution >= 4 is 0 Å². The third kappa shape index (κ3) is 3460. The highest BCUT2D eigenvalue weighted by Gasteiger charge is 1.43. The molecular formula is C7H10. The molecule has 0 atom stereocenters. The molecule has 0 spiro atoms. The van der Waals surface area contributed by atoms with Crippen LogP contribution in [0.1, 0.15) is 20.3 Å². The molecule has 0 unspecified atom stereocenters. The Morgan fingerprint density at radius 2 is 1.57 bits per heavy atom. The minimum absolute atomic E-state index is 0.847. The SMILES string of the molecule is C#CC.C#CCC. The number of rotatable bonds is 0. The summed E-state index contributed by atoms with van der Waals surface area (Å²) in [6.45, 7) is 3.60. The van der Waals surface area contributed by atoms with Crippen LogP contribution >= 0.6 is 0 Å². The summed E-state index contributed by atoms with van der Waals surface area (Å²) in [4.78, 5) is 0. The molecule has 0 N–H and O–H groups in total. The zero-order valence-electron chi connectivity index (χ0n) is 4.86. The highest BCUT2D eigenvalue weighted by molar-refractivity contribution is 4.80. The second kappa shape index (κ2) is 19.3. The van der Waals surface area contributed by atoms with Crippen LogP contribution in [0.25, 0.3) is 0 Å². The lowest BCUT2D eigenvalue weighted by Crippen LogP contribution is -1.38. The maximum Gasteiger partial charge on any atom is 0.00576 e. The van der Waals surface area contributed by atoms with Crippen molar-refractivity contribution in [2.45, 2.75) is 20.3 Å². The molecule has 0 aromatic rings. The Bertz CT molecular complexity index is 77.2. The third-order valence-corrected chi connectivity index (χ3v) is 0.204. The molecule has 0 fully saturated rings. The van der Waals surface area contributed by atoms with E-state index in [1.807, 2.05) is 6.92 Å². The lowest BCUT2D eigenvalue weighted by atomic mass is 10.5. The van der Waals surface area contributed by atoms with Crippen molar-refractivity contribution in [2.75, 3.05) is 0 Å². The van der Waals surface area contributed by atoms with Gasteiger partial charge < -0.3 is 0 Å². The van der Waals surface area contributed by atoms with Crippen LogP contribution in [-0.4, -0.2) is 0 Å². The first-order valence-electron chi connectivity index (χ1n) is 2.14. The monoisotopic (exact) mass is 94.1 g/mol. The molecule has 0 aliphatic carbocycles. The fraction of sp³-hybridized carbons (Fsp3) is 0.429. The molecule has 38 valence electrons. The first kappa shape index (κ1) is 9.45. The molecule has 7 heavy (non-hydrogen) atoms. The van der Waals surface area contributed by atoms with Gasteiger partial charge in [0.15, 0.2) is 0 Å². The molecule has 0 saturated heterocycles. The molecule has 0 saturated carbocycles. The zero-order valence-corrected chi connectivity index (χ0v) is 4.86. The Balaban J connectivity index is 0. The quantitative estimate of drug-likeness (QED) is 0.400. The lowest BCUT2D eigenvalue weighted by molar-refractivity contribution is 1.28. The van der Waals surface area contributed by atoms with Crippen molar-refractivity contribution in [3.63, 3.8) is 0 Å². The molecule has 0 radical (unpaired) electrons. The average Bonchev–Trinajstić information content (AvgIpc) is 1.69. The second-order valence-corrected chi connectivity index (χ2v) is 0.846. The van der Waals surface area contributed by atoms with Gasteiger partial charge in [0.1, 0.15) is 0 Å². The summed E-state index contributed by atoms with van der Waals surface area (Å²) >= 11 is 0.